The van der Waals surface area contributed by atoms with Gasteiger partial charge in [-0.05, 0) is 18.9 Å². The van der Waals surface area contributed by atoms with Gasteiger partial charge in [-0.15, -0.1) is 0 Å². The molecule has 0 N–H and O–H groups in total. The summed E-state index contributed by atoms with van der Waals surface area (Å²) in [6, 6.07) is 7.23. The van der Waals surface area contributed by atoms with Crippen LogP contribution >= 0.6 is 11.6 Å². The number of nitriles is 1. The smallest absolute Gasteiger partial charge is 0.146 e. The number of hydrogen-bond acceptors (Lipinski definition) is 1. The number of benzene rings is 1. The highest BCUT2D eigenvalue weighted by Gasteiger charge is 2.36. The van der Waals surface area contributed by atoms with Crippen molar-refractivity contribution in [3.63, 3.8) is 0 Å². The summed E-state index contributed by atoms with van der Waals surface area (Å²) in [5.41, 5.74) is -0.185. The van der Waals surface area contributed by atoms with Gasteiger partial charge < -0.3 is 0 Å². The zero-order valence-electron chi connectivity index (χ0n) is 8.97. The Kier molecular flexibility index (Phi) is 3.16. The Labute approximate surface area is 99.8 Å². The van der Waals surface area contributed by atoms with Gasteiger partial charge in [-0.3, -0.25) is 0 Å². The summed E-state index contributed by atoms with van der Waals surface area (Å²) in [7, 11) is 0. The van der Waals surface area contributed by atoms with Gasteiger partial charge in [-0.1, -0.05) is 43.0 Å². The van der Waals surface area contributed by atoms with Crippen LogP contribution in [0.5, 0.6) is 0 Å². The average Bonchev–Trinajstić information content (AvgIpc) is 2.33. The monoisotopic (exact) mass is 237 g/mol. The first-order valence-corrected chi connectivity index (χ1v) is 5.93. The second-order valence-corrected chi connectivity index (χ2v) is 4.76. The Balaban J connectivity index is 2.48. The van der Waals surface area contributed by atoms with Gasteiger partial charge in [-0.2, -0.15) is 5.26 Å². The van der Waals surface area contributed by atoms with Crippen molar-refractivity contribution < 1.29 is 4.39 Å². The minimum absolute atomic E-state index is 0.109. The molecular weight excluding hydrogens is 225 g/mol. The third-order valence-corrected chi connectivity index (χ3v) is 3.68. The van der Waals surface area contributed by atoms with Crippen LogP contribution < -0.4 is 0 Å². The molecule has 0 aliphatic heterocycles. The van der Waals surface area contributed by atoms with Crippen molar-refractivity contribution in [1.29, 1.82) is 5.26 Å². The lowest BCUT2D eigenvalue weighted by atomic mass is 9.70. The molecule has 0 unspecified atom stereocenters. The first-order chi connectivity index (χ1) is 7.69. The third-order valence-electron chi connectivity index (χ3n) is 3.39. The zero-order chi connectivity index (χ0) is 11.6. The summed E-state index contributed by atoms with van der Waals surface area (Å²) >= 11 is 5.77. The molecule has 84 valence electrons. The van der Waals surface area contributed by atoms with Crippen LogP contribution in [0.3, 0.4) is 0 Å². The zero-order valence-corrected chi connectivity index (χ0v) is 9.73. The molecule has 0 aromatic heterocycles. The van der Waals surface area contributed by atoms with Crippen molar-refractivity contribution in [2.24, 2.45) is 0 Å². The second-order valence-electron chi connectivity index (χ2n) is 4.36. The lowest BCUT2D eigenvalue weighted by Crippen LogP contribution is -2.28. The lowest BCUT2D eigenvalue weighted by molar-refractivity contribution is 0.354. The first kappa shape index (κ1) is 11.4. The van der Waals surface area contributed by atoms with E-state index in [0.717, 1.165) is 32.1 Å². The topological polar surface area (TPSA) is 23.8 Å². The Bertz CT molecular complexity index is 430. The molecule has 0 amide bonds. The van der Waals surface area contributed by atoms with E-state index in [9.17, 15) is 9.65 Å². The lowest BCUT2D eigenvalue weighted by Gasteiger charge is -2.31. The Hall–Kier alpha value is -1.07. The molecule has 1 saturated carbocycles. The maximum absolute atomic E-state index is 13.9. The van der Waals surface area contributed by atoms with Crippen LogP contribution in [0.15, 0.2) is 18.2 Å². The number of rotatable bonds is 1. The van der Waals surface area contributed by atoms with Crippen LogP contribution in [0.25, 0.3) is 0 Å². The van der Waals surface area contributed by atoms with Gasteiger partial charge in [0, 0.05) is 5.56 Å². The molecule has 0 radical (unpaired) electrons. The van der Waals surface area contributed by atoms with Crippen molar-refractivity contribution in [2.45, 2.75) is 37.5 Å². The molecule has 1 aromatic carbocycles. The molecule has 2 rings (SSSR count). The Morgan fingerprint density at radius 1 is 1.25 bits per heavy atom. The van der Waals surface area contributed by atoms with Crippen LogP contribution in [0, 0.1) is 17.1 Å². The van der Waals surface area contributed by atoms with Crippen LogP contribution in [-0.2, 0) is 5.41 Å². The van der Waals surface area contributed by atoms with Gasteiger partial charge in [0.05, 0.1) is 16.5 Å². The molecule has 0 atom stereocenters. The van der Waals surface area contributed by atoms with E-state index in [0.29, 0.717) is 5.56 Å². The fourth-order valence-corrected chi connectivity index (χ4v) is 2.64. The average molecular weight is 238 g/mol. The summed E-state index contributed by atoms with van der Waals surface area (Å²) in [6.07, 6.45) is 4.58. The van der Waals surface area contributed by atoms with Gasteiger partial charge in [-0.25, -0.2) is 4.39 Å². The Morgan fingerprint density at radius 3 is 2.56 bits per heavy atom. The van der Waals surface area contributed by atoms with E-state index < -0.39 is 11.2 Å². The summed E-state index contributed by atoms with van der Waals surface area (Å²) < 4.78 is 13.9. The molecule has 1 aliphatic carbocycles. The molecular formula is C13H13ClFN. The molecule has 0 spiro atoms. The highest BCUT2D eigenvalue weighted by atomic mass is 35.5. The van der Waals surface area contributed by atoms with E-state index in [2.05, 4.69) is 6.07 Å². The SMILES string of the molecule is N#CC1(c2cccc(Cl)c2F)CCCCC1. The summed E-state index contributed by atoms with van der Waals surface area (Å²) in [5, 5.41) is 9.46. The normalized spacial score (nSPS) is 19.1. The molecule has 0 heterocycles. The van der Waals surface area contributed by atoms with E-state index in [4.69, 9.17) is 11.6 Å². The molecule has 16 heavy (non-hydrogen) atoms. The minimum atomic E-state index is -0.659. The summed E-state index contributed by atoms with van der Waals surface area (Å²) in [6.45, 7) is 0. The molecule has 1 aromatic rings. The van der Waals surface area contributed by atoms with Crippen molar-refractivity contribution >= 4 is 11.6 Å². The van der Waals surface area contributed by atoms with E-state index in [1.807, 2.05) is 0 Å². The minimum Gasteiger partial charge on any atom is -0.205 e. The maximum Gasteiger partial charge on any atom is 0.146 e. The van der Waals surface area contributed by atoms with Crippen LogP contribution in [0.4, 0.5) is 4.39 Å². The van der Waals surface area contributed by atoms with E-state index in [-0.39, 0.29) is 5.02 Å². The highest BCUT2D eigenvalue weighted by molar-refractivity contribution is 6.30. The highest BCUT2D eigenvalue weighted by Crippen LogP contribution is 2.41. The predicted octanol–water partition coefficient (Wildman–Crippen LogP) is 4.20. The summed E-state index contributed by atoms with van der Waals surface area (Å²) in [4.78, 5) is 0. The van der Waals surface area contributed by atoms with Crippen molar-refractivity contribution in [3.05, 3.63) is 34.6 Å². The fraction of sp³-hybridized carbons (Fsp3) is 0.462. The van der Waals surface area contributed by atoms with Gasteiger partial charge in [0.1, 0.15) is 5.82 Å². The largest absolute Gasteiger partial charge is 0.205 e. The number of halogens is 2. The van der Waals surface area contributed by atoms with Gasteiger partial charge in [0.15, 0.2) is 0 Å². The third kappa shape index (κ3) is 1.81. The van der Waals surface area contributed by atoms with Crippen LogP contribution in [0.2, 0.25) is 5.02 Å². The molecule has 3 heteroatoms. The maximum atomic E-state index is 13.9. The molecule has 1 fully saturated rings. The van der Waals surface area contributed by atoms with Crippen molar-refractivity contribution in [2.75, 3.05) is 0 Å². The van der Waals surface area contributed by atoms with Crippen LogP contribution in [-0.4, -0.2) is 0 Å². The molecule has 1 nitrogen and oxygen atoms in total. The van der Waals surface area contributed by atoms with Crippen molar-refractivity contribution in [3.8, 4) is 6.07 Å². The number of hydrogen-bond donors (Lipinski definition) is 0. The molecule has 0 bridgehead atoms. The quantitative estimate of drug-likeness (QED) is 0.718. The van der Waals surface area contributed by atoms with Gasteiger partial charge in [0.2, 0.25) is 0 Å². The number of nitrogens with zero attached hydrogens (tertiary/aromatic N) is 1. The molecule has 1 aliphatic rings. The van der Waals surface area contributed by atoms with E-state index in [1.54, 1.807) is 12.1 Å². The second kappa shape index (κ2) is 4.43. The van der Waals surface area contributed by atoms with Gasteiger partial charge >= 0.3 is 0 Å². The summed E-state index contributed by atoms with van der Waals surface area (Å²) in [5.74, 6) is -0.424. The van der Waals surface area contributed by atoms with Crippen molar-refractivity contribution in [1.82, 2.24) is 0 Å². The first-order valence-electron chi connectivity index (χ1n) is 5.55. The predicted molar refractivity (Wildman–Crippen MR) is 61.8 cm³/mol. The van der Waals surface area contributed by atoms with E-state index in [1.165, 1.54) is 6.07 Å². The van der Waals surface area contributed by atoms with E-state index >= 15 is 0 Å². The standard InChI is InChI=1S/C13H13ClFN/c14-11-6-4-5-10(12(11)15)13(9-16)7-2-1-3-8-13/h4-6H,1-3,7-8H2. The van der Waals surface area contributed by atoms with Crippen LogP contribution in [0.1, 0.15) is 37.7 Å². The van der Waals surface area contributed by atoms with Gasteiger partial charge in [0.25, 0.3) is 0 Å². The molecule has 0 saturated heterocycles. The fourth-order valence-electron chi connectivity index (χ4n) is 2.47. The Morgan fingerprint density at radius 2 is 1.94 bits per heavy atom.